The first-order valence-corrected chi connectivity index (χ1v) is 8.11. The predicted octanol–water partition coefficient (Wildman–Crippen LogP) is 3.92. The van der Waals surface area contributed by atoms with Gasteiger partial charge in [-0.15, -0.1) is 0 Å². The van der Waals surface area contributed by atoms with Gasteiger partial charge in [-0.05, 0) is 43.0 Å². The van der Waals surface area contributed by atoms with Gasteiger partial charge in [0.15, 0.2) is 0 Å². The van der Waals surface area contributed by atoms with Crippen molar-refractivity contribution >= 4 is 12.0 Å². The van der Waals surface area contributed by atoms with E-state index in [1.807, 2.05) is 42.8 Å². The van der Waals surface area contributed by atoms with Crippen LogP contribution < -0.4 is 5.32 Å². The van der Waals surface area contributed by atoms with E-state index in [-0.39, 0.29) is 11.9 Å². The standard InChI is InChI=1S/C19H25N3O/c1-5-22-18(12-13-20-22)15(4)21-19(23)11-8-16-6-9-17(10-7-16)14(2)3/h6-15H,5H2,1-4H3,(H,21,23)/b11-8+. The Morgan fingerprint density at radius 1 is 1.22 bits per heavy atom. The van der Waals surface area contributed by atoms with Gasteiger partial charge in [0, 0.05) is 18.8 Å². The van der Waals surface area contributed by atoms with Crippen molar-refractivity contribution in [3.05, 3.63) is 59.4 Å². The number of nitrogens with one attached hydrogen (secondary N) is 1. The summed E-state index contributed by atoms with van der Waals surface area (Å²) in [5.74, 6) is 0.412. The van der Waals surface area contributed by atoms with Crippen LogP contribution in [0.25, 0.3) is 6.08 Å². The smallest absolute Gasteiger partial charge is 0.244 e. The van der Waals surface area contributed by atoms with Crippen molar-refractivity contribution in [2.45, 2.75) is 46.2 Å². The third-order valence-corrected chi connectivity index (χ3v) is 3.88. The number of aromatic nitrogens is 2. The summed E-state index contributed by atoms with van der Waals surface area (Å²) in [6, 6.07) is 10.1. The van der Waals surface area contributed by atoms with Crippen molar-refractivity contribution in [1.82, 2.24) is 15.1 Å². The number of benzene rings is 1. The summed E-state index contributed by atoms with van der Waals surface area (Å²) in [7, 11) is 0. The molecule has 1 heterocycles. The van der Waals surface area contributed by atoms with E-state index in [1.54, 1.807) is 12.3 Å². The lowest BCUT2D eigenvalue weighted by molar-refractivity contribution is -0.117. The van der Waals surface area contributed by atoms with Crippen molar-refractivity contribution in [3.63, 3.8) is 0 Å². The first-order chi connectivity index (χ1) is 11.0. The van der Waals surface area contributed by atoms with Crippen molar-refractivity contribution < 1.29 is 4.79 Å². The van der Waals surface area contributed by atoms with Crippen LogP contribution in [-0.4, -0.2) is 15.7 Å². The molecule has 0 bridgehead atoms. The predicted molar refractivity (Wildman–Crippen MR) is 94.0 cm³/mol. The Morgan fingerprint density at radius 3 is 2.52 bits per heavy atom. The molecule has 1 atom stereocenters. The van der Waals surface area contributed by atoms with Crippen LogP contribution in [0.2, 0.25) is 0 Å². The Hall–Kier alpha value is -2.36. The van der Waals surface area contributed by atoms with E-state index in [0.717, 1.165) is 17.8 Å². The molecular formula is C19H25N3O. The summed E-state index contributed by atoms with van der Waals surface area (Å²) in [6.07, 6.45) is 5.17. The van der Waals surface area contributed by atoms with Gasteiger partial charge in [-0.25, -0.2) is 0 Å². The van der Waals surface area contributed by atoms with Crippen molar-refractivity contribution in [3.8, 4) is 0 Å². The van der Waals surface area contributed by atoms with E-state index >= 15 is 0 Å². The van der Waals surface area contributed by atoms with Gasteiger partial charge in [0.2, 0.25) is 5.91 Å². The zero-order valence-corrected chi connectivity index (χ0v) is 14.3. The maximum absolute atomic E-state index is 12.1. The van der Waals surface area contributed by atoms with Gasteiger partial charge in [0.25, 0.3) is 0 Å². The minimum Gasteiger partial charge on any atom is -0.344 e. The summed E-state index contributed by atoms with van der Waals surface area (Å²) in [5.41, 5.74) is 3.33. The quantitative estimate of drug-likeness (QED) is 0.822. The number of carbonyl (C=O) groups excluding carboxylic acids is 1. The van der Waals surface area contributed by atoms with Gasteiger partial charge in [0.1, 0.15) is 0 Å². The fourth-order valence-corrected chi connectivity index (χ4v) is 2.47. The minimum absolute atomic E-state index is 0.0714. The van der Waals surface area contributed by atoms with Gasteiger partial charge < -0.3 is 5.32 Å². The zero-order chi connectivity index (χ0) is 16.8. The Morgan fingerprint density at radius 2 is 1.91 bits per heavy atom. The highest BCUT2D eigenvalue weighted by atomic mass is 16.1. The first kappa shape index (κ1) is 17.0. The number of hydrogen-bond acceptors (Lipinski definition) is 2. The van der Waals surface area contributed by atoms with Crippen LogP contribution >= 0.6 is 0 Å². The molecule has 0 saturated heterocycles. The number of nitrogens with zero attached hydrogens (tertiary/aromatic N) is 2. The van der Waals surface area contributed by atoms with E-state index in [0.29, 0.717) is 5.92 Å². The van der Waals surface area contributed by atoms with Crippen molar-refractivity contribution in [2.24, 2.45) is 0 Å². The minimum atomic E-state index is -0.103. The van der Waals surface area contributed by atoms with Crippen LogP contribution in [0.1, 0.15) is 56.5 Å². The molecule has 1 unspecified atom stereocenters. The summed E-state index contributed by atoms with van der Waals surface area (Å²) < 4.78 is 1.89. The molecule has 2 aromatic rings. The largest absolute Gasteiger partial charge is 0.344 e. The van der Waals surface area contributed by atoms with Crippen LogP contribution in [0.5, 0.6) is 0 Å². The van der Waals surface area contributed by atoms with Gasteiger partial charge >= 0.3 is 0 Å². The molecule has 0 saturated carbocycles. The second-order valence-corrected chi connectivity index (χ2v) is 5.96. The molecule has 4 heteroatoms. The number of amides is 1. The van der Waals surface area contributed by atoms with E-state index in [9.17, 15) is 4.79 Å². The van der Waals surface area contributed by atoms with Crippen molar-refractivity contribution in [1.29, 1.82) is 0 Å². The highest BCUT2D eigenvalue weighted by Gasteiger charge is 2.11. The number of aryl methyl sites for hydroxylation is 1. The van der Waals surface area contributed by atoms with Gasteiger partial charge in [-0.3, -0.25) is 9.48 Å². The molecule has 1 aromatic carbocycles. The SMILES string of the molecule is CCn1nccc1C(C)NC(=O)/C=C/c1ccc(C(C)C)cc1. The van der Waals surface area contributed by atoms with Crippen LogP contribution in [0.4, 0.5) is 0 Å². The van der Waals surface area contributed by atoms with Crippen LogP contribution in [-0.2, 0) is 11.3 Å². The lowest BCUT2D eigenvalue weighted by atomic mass is 10.0. The third kappa shape index (κ3) is 4.55. The summed E-state index contributed by atoms with van der Waals surface area (Å²) in [5, 5.41) is 7.20. The molecule has 4 nitrogen and oxygen atoms in total. The molecular weight excluding hydrogens is 286 g/mol. The fraction of sp³-hybridized carbons (Fsp3) is 0.368. The van der Waals surface area contributed by atoms with Crippen LogP contribution in [0.15, 0.2) is 42.6 Å². The average Bonchev–Trinajstić information content (AvgIpc) is 3.02. The Labute approximate surface area is 138 Å². The fourth-order valence-electron chi connectivity index (χ4n) is 2.47. The normalized spacial score (nSPS) is 12.7. The van der Waals surface area contributed by atoms with Gasteiger partial charge in [0.05, 0.1) is 11.7 Å². The van der Waals surface area contributed by atoms with E-state index in [2.05, 4.69) is 36.4 Å². The summed E-state index contributed by atoms with van der Waals surface area (Å²) in [4.78, 5) is 12.1. The van der Waals surface area contributed by atoms with E-state index in [1.165, 1.54) is 5.56 Å². The zero-order valence-electron chi connectivity index (χ0n) is 14.3. The molecule has 0 aliphatic heterocycles. The Kier molecular flexibility index (Phi) is 5.74. The van der Waals surface area contributed by atoms with Crippen LogP contribution in [0, 0.1) is 0 Å². The molecule has 1 N–H and O–H groups in total. The lowest BCUT2D eigenvalue weighted by Gasteiger charge is -2.14. The highest BCUT2D eigenvalue weighted by Crippen LogP contribution is 2.15. The topological polar surface area (TPSA) is 46.9 Å². The average molecular weight is 311 g/mol. The molecule has 2 rings (SSSR count). The van der Waals surface area contributed by atoms with E-state index in [4.69, 9.17) is 0 Å². The Bertz CT molecular complexity index is 668. The maximum atomic E-state index is 12.1. The van der Waals surface area contributed by atoms with Crippen molar-refractivity contribution in [2.75, 3.05) is 0 Å². The molecule has 0 aliphatic rings. The molecule has 0 fully saturated rings. The molecule has 23 heavy (non-hydrogen) atoms. The number of rotatable bonds is 6. The molecule has 0 radical (unpaired) electrons. The van der Waals surface area contributed by atoms with Crippen LogP contribution in [0.3, 0.4) is 0 Å². The van der Waals surface area contributed by atoms with Gasteiger partial charge in [-0.1, -0.05) is 38.1 Å². The lowest BCUT2D eigenvalue weighted by Crippen LogP contribution is -2.26. The number of carbonyl (C=O) groups is 1. The van der Waals surface area contributed by atoms with E-state index < -0.39 is 0 Å². The molecule has 1 amide bonds. The summed E-state index contributed by atoms with van der Waals surface area (Å²) in [6.45, 7) is 9.13. The molecule has 122 valence electrons. The first-order valence-electron chi connectivity index (χ1n) is 8.11. The second kappa shape index (κ2) is 7.77. The van der Waals surface area contributed by atoms with Gasteiger partial charge in [-0.2, -0.15) is 5.10 Å². The maximum Gasteiger partial charge on any atom is 0.244 e. The monoisotopic (exact) mass is 311 g/mol. The number of hydrogen-bond donors (Lipinski definition) is 1. The summed E-state index contributed by atoms with van der Waals surface area (Å²) >= 11 is 0. The highest BCUT2D eigenvalue weighted by molar-refractivity contribution is 5.91. The molecule has 1 aromatic heterocycles. The third-order valence-electron chi connectivity index (χ3n) is 3.88. The molecule has 0 spiro atoms. The molecule has 0 aliphatic carbocycles. The second-order valence-electron chi connectivity index (χ2n) is 5.96. The Balaban J connectivity index is 1.96.